The van der Waals surface area contributed by atoms with Crippen molar-refractivity contribution >= 4 is 57.6 Å². The zero-order valence-corrected chi connectivity index (χ0v) is 16.8. The number of hydrogen-bond donors (Lipinski definition) is 1. The second kappa shape index (κ2) is 8.17. The second-order valence-electron chi connectivity index (χ2n) is 5.72. The van der Waals surface area contributed by atoms with Crippen LogP contribution in [0.15, 0.2) is 54.0 Å². The molecule has 1 fully saturated rings. The second-order valence-corrected chi connectivity index (χ2v) is 7.83. The van der Waals surface area contributed by atoms with Crippen LogP contribution in [0.2, 0.25) is 5.02 Å². The van der Waals surface area contributed by atoms with Gasteiger partial charge in [-0.25, -0.2) is 0 Å². The van der Waals surface area contributed by atoms with Crippen LogP contribution in [0.3, 0.4) is 0 Å². The highest BCUT2D eigenvalue weighted by atomic mass is 35.5. The molecular formula is C20H16ClNO3S2. The van der Waals surface area contributed by atoms with Gasteiger partial charge >= 0.3 is 0 Å². The summed E-state index contributed by atoms with van der Waals surface area (Å²) in [5.74, 6) is 0.210. The summed E-state index contributed by atoms with van der Waals surface area (Å²) < 4.78 is 5.68. The molecule has 1 saturated heterocycles. The minimum absolute atomic E-state index is 0.0725. The van der Waals surface area contributed by atoms with Crippen molar-refractivity contribution in [2.45, 2.75) is 6.42 Å². The van der Waals surface area contributed by atoms with Crippen LogP contribution in [0.5, 0.6) is 11.5 Å². The number of nitrogens with zero attached hydrogens (tertiary/aromatic N) is 1. The molecule has 7 heteroatoms. The molecule has 1 amide bonds. The molecule has 138 valence electrons. The summed E-state index contributed by atoms with van der Waals surface area (Å²) in [6, 6.07) is 10.4. The van der Waals surface area contributed by atoms with Crippen LogP contribution in [0.4, 0.5) is 5.69 Å². The highest BCUT2D eigenvalue weighted by molar-refractivity contribution is 8.27. The summed E-state index contributed by atoms with van der Waals surface area (Å²) in [7, 11) is 1.48. The van der Waals surface area contributed by atoms with E-state index in [2.05, 4.69) is 6.58 Å². The summed E-state index contributed by atoms with van der Waals surface area (Å²) in [6.45, 7) is 3.70. The smallest absolute Gasteiger partial charge is 0.270 e. The van der Waals surface area contributed by atoms with Crippen molar-refractivity contribution in [3.63, 3.8) is 0 Å². The number of methoxy groups -OCH3 is 1. The number of halogens is 1. The van der Waals surface area contributed by atoms with Gasteiger partial charge in [0, 0.05) is 10.6 Å². The fourth-order valence-corrected chi connectivity index (χ4v) is 4.10. The Bertz CT molecular complexity index is 954. The number of phenols is 1. The van der Waals surface area contributed by atoms with E-state index in [9.17, 15) is 9.90 Å². The first-order valence-corrected chi connectivity index (χ1v) is 9.59. The van der Waals surface area contributed by atoms with Crippen molar-refractivity contribution in [2.24, 2.45) is 0 Å². The van der Waals surface area contributed by atoms with Gasteiger partial charge in [-0.1, -0.05) is 41.7 Å². The number of benzene rings is 2. The van der Waals surface area contributed by atoms with Gasteiger partial charge in [0.15, 0.2) is 15.8 Å². The minimum Gasteiger partial charge on any atom is -0.504 e. The third kappa shape index (κ3) is 4.03. The van der Waals surface area contributed by atoms with Crippen LogP contribution in [0.25, 0.3) is 6.08 Å². The summed E-state index contributed by atoms with van der Waals surface area (Å²) in [5, 5.41) is 10.8. The van der Waals surface area contributed by atoms with Crippen LogP contribution in [-0.2, 0) is 11.2 Å². The molecule has 0 saturated carbocycles. The Kier molecular flexibility index (Phi) is 5.89. The SMILES string of the molecule is C=CCc1cc(/C=C2/SC(=S)N(c3ccc(Cl)cc3)C2=O)cc(OC)c1O. The van der Waals surface area contributed by atoms with E-state index in [1.165, 1.54) is 23.8 Å². The van der Waals surface area contributed by atoms with Crippen LogP contribution in [0, 0.1) is 0 Å². The van der Waals surface area contributed by atoms with E-state index in [1.54, 1.807) is 48.6 Å². The number of carbonyl (C=O) groups is 1. The van der Waals surface area contributed by atoms with Gasteiger partial charge < -0.3 is 9.84 Å². The lowest BCUT2D eigenvalue weighted by Gasteiger charge is -2.14. The van der Waals surface area contributed by atoms with E-state index >= 15 is 0 Å². The molecular weight excluding hydrogens is 402 g/mol. The van der Waals surface area contributed by atoms with Crippen LogP contribution >= 0.6 is 35.6 Å². The van der Waals surface area contributed by atoms with Crippen molar-refractivity contribution < 1.29 is 14.6 Å². The number of amides is 1. The third-order valence-electron chi connectivity index (χ3n) is 3.94. The highest BCUT2D eigenvalue weighted by Crippen LogP contribution is 2.38. The van der Waals surface area contributed by atoms with Crippen LogP contribution in [0.1, 0.15) is 11.1 Å². The summed E-state index contributed by atoms with van der Waals surface area (Å²) >= 11 is 12.5. The van der Waals surface area contributed by atoms with Gasteiger partial charge in [-0.15, -0.1) is 6.58 Å². The van der Waals surface area contributed by atoms with Crippen molar-refractivity contribution in [3.8, 4) is 11.5 Å². The summed E-state index contributed by atoms with van der Waals surface area (Å²) in [6.07, 6.45) is 3.91. The standard InChI is InChI=1S/C20H16ClNO3S2/c1-3-4-13-9-12(10-16(25-2)18(13)23)11-17-19(24)22(20(26)27-17)15-7-5-14(21)6-8-15/h3,5-11,23H,1,4H2,2H3/b17-11+. The number of hydrogen-bond acceptors (Lipinski definition) is 5. The fraction of sp³-hybridized carbons (Fsp3) is 0.100. The number of thiocarbonyl (C=S) groups is 1. The molecule has 0 atom stereocenters. The van der Waals surface area contributed by atoms with E-state index in [-0.39, 0.29) is 11.7 Å². The van der Waals surface area contributed by atoms with Crippen molar-refractivity contribution in [1.29, 1.82) is 0 Å². The lowest BCUT2D eigenvalue weighted by atomic mass is 10.1. The van der Waals surface area contributed by atoms with E-state index in [0.717, 1.165) is 5.56 Å². The predicted molar refractivity (Wildman–Crippen MR) is 116 cm³/mol. The number of allylic oxidation sites excluding steroid dienone is 1. The lowest BCUT2D eigenvalue weighted by molar-refractivity contribution is -0.113. The Hall–Kier alpha value is -2.28. The molecule has 1 heterocycles. The van der Waals surface area contributed by atoms with Gasteiger partial charge in [0.2, 0.25) is 0 Å². The van der Waals surface area contributed by atoms with Gasteiger partial charge in [-0.3, -0.25) is 9.69 Å². The molecule has 2 aromatic carbocycles. The number of anilines is 1. The average molecular weight is 418 g/mol. The topological polar surface area (TPSA) is 49.8 Å². The summed E-state index contributed by atoms with van der Waals surface area (Å²) in [4.78, 5) is 14.8. The Labute approximate surface area is 172 Å². The molecule has 0 aliphatic carbocycles. The number of aromatic hydroxyl groups is 1. The van der Waals surface area contributed by atoms with Gasteiger partial charge in [-0.05, 0) is 54.5 Å². The maximum Gasteiger partial charge on any atom is 0.270 e. The van der Waals surface area contributed by atoms with E-state index in [4.69, 9.17) is 28.6 Å². The van der Waals surface area contributed by atoms with Crippen molar-refractivity contribution in [3.05, 3.63) is 70.1 Å². The average Bonchev–Trinajstić information content (AvgIpc) is 2.92. The Morgan fingerprint density at radius 2 is 2.04 bits per heavy atom. The summed E-state index contributed by atoms with van der Waals surface area (Å²) in [5.41, 5.74) is 2.07. The van der Waals surface area contributed by atoms with Gasteiger partial charge in [-0.2, -0.15) is 0 Å². The largest absolute Gasteiger partial charge is 0.504 e. The fourth-order valence-electron chi connectivity index (χ4n) is 2.67. The first-order valence-electron chi connectivity index (χ1n) is 7.99. The monoisotopic (exact) mass is 417 g/mol. The molecule has 1 aliphatic rings. The first kappa shape index (κ1) is 19.5. The van der Waals surface area contributed by atoms with Gasteiger partial charge in [0.05, 0.1) is 17.7 Å². The molecule has 1 N–H and O–H groups in total. The lowest BCUT2D eigenvalue weighted by Crippen LogP contribution is -2.27. The number of phenolic OH excluding ortho intramolecular Hbond substituents is 1. The molecule has 0 radical (unpaired) electrons. The van der Waals surface area contributed by atoms with Crippen LogP contribution in [-0.4, -0.2) is 22.4 Å². The number of rotatable bonds is 5. The number of ether oxygens (including phenoxy) is 1. The molecule has 27 heavy (non-hydrogen) atoms. The Balaban J connectivity index is 1.97. The zero-order valence-electron chi connectivity index (χ0n) is 14.4. The maximum atomic E-state index is 12.9. The molecule has 1 aliphatic heterocycles. The van der Waals surface area contributed by atoms with Crippen molar-refractivity contribution in [1.82, 2.24) is 0 Å². The Morgan fingerprint density at radius 3 is 2.67 bits per heavy atom. The molecule has 0 aromatic heterocycles. The first-order chi connectivity index (χ1) is 12.9. The maximum absolute atomic E-state index is 12.9. The number of carbonyl (C=O) groups excluding carboxylic acids is 1. The zero-order chi connectivity index (χ0) is 19.6. The van der Waals surface area contributed by atoms with Crippen molar-refractivity contribution in [2.75, 3.05) is 12.0 Å². The van der Waals surface area contributed by atoms with Crippen LogP contribution < -0.4 is 9.64 Å². The predicted octanol–water partition coefficient (Wildman–Crippen LogP) is 5.19. The van der Waals surface area contributed by atoms with E-state index in [0.29, 0.717) is 37.7 Å². The van der Waals surface area contributed by atoms with Gasteiger partial charge in [0.1, 0.15) is 0 Å². The molecule has 4 nitrogen and oxygen atoms in total. The van der Waals surface area contributed by atoms with E-state index in [1.807, 2.05) is 0 Å². The molecule has 2 aromatic rings. The van der Waals surface area contributed by atoms with Gasteiger partial charge in [0.25, 0.3) is 5.91 Å². The molecule has 0 unspecified atom stereocenters. The van der Waals surface area contributed by atoms with E-state index < -0.39 is 0 Å². The highest BCUT2D eigenvalue weighted by Gasteiger charge is 2.33. The normalized spacial score (nSPS) is 15.5. The number of thioether (sulfide) groups is 1. The molecule has 0 bridgehead atoms. The quantitative estimate of drug-likeness (QED) is 0.412. The minimum atomic E-state index is -0.204. The third-order valence-corrected chi connectivity index (χ3v) is 5.49. The Morgan fingerprint density at radius 1 is 1.33 bits per heavy atom. The molecule has 3 rings (SSSR count). The molecule has 0 spiro atoms.